The maximum atomic E-state index is 12.6. The molecule has 2 atom stereocenters. The average Bonchev–Trinajstić information content (AvgIpc) is 2.66. The van der Waals surface area contributed by atoms with Crippen LogP contribution < -0.4 is 20.7 Å². The first-order valence-electron chi connectivity index (χ1n) is 8.44. The molecule has 2 rings (SSSR count). The molecule has 0 aliphatic heterocycles. The van der Waals surface area contributed by atoms with Gasteiger partial charge in [0.1, 0.15) is 11.8 Å². The van der Waals surface area contributed by atoms with E-state index < -0.39 is 18.0 Å². The van der Waals surface area contributed by atoms with Crippen LogP contribution in [0.4, 0.5) is 4.79 Å². The highest BCUT2D eigenvalue weighted by Gasteiger charge is 2.25. The van der Waals surface area contributed by atoms with Crippen LogP contribution in [-0.2, 0) is 4.79 Å². The van der Waals surface area contributed by atoms with E-state index in [1.54, 1.807) is 7.11 Å². The molecule has 3 amide bonds. The van der Waals surface area contributed by atoms with Gasteiger partial charge in [0.05, 0.1) is 7.11 Å². The zero-order valence-electron chi connectivity index (χ0n) is 15.5. The molecule has 6 heteroatoms. The number of aryl methyl sites for hydroxylation is 1. The second-order valence-corrected chi connectivity index (χ2v) is 6.05. The van der Waals surface area contributed by atoms with Gasteiger partial charge < -0.3 is 10.1 Å². The third-order valence-corrected chi connectivity index (χ3v) is 4.13. The van der Waals surface area contributed by atoms with Crippen LogP contribution in [-0.4, -0.2) is 26.1 Å². The van der Waals surface area contributed by atoms with E-state index in [0.717, 1.165) is 22.4 Å². The molecule has 2 aromatic carbocycles. The maximum Gasteiger partial charge on any atom is 0.321 e. The highest BCUT2D eigenvalue weighted by atomic mass is 16.5. The Morgan fingerprint density at radius 2 is 1.77 bits per heavy atom. The van der Waals surface area contributed by atoms with Crippen molar-refractivity contribution in [2.75, 3.05) is 14.2 Å². The van der Waals surface area contributed by atoms with Crippen molar-refractivity contribution in [3.8, 4) is 5.75 Å². The second kappa shape index (κ2) is 9.01. The highest BCUT2D eigenvalue weighted by Crippen LogP contribution is 2.28. The molecular formula is C20H25N3O3. The van der Waals surface area contributed by atoms with E-state index in [-0.39, 0.29) is 6.04 Å². The molecule has 0 bridgehead atoms. The van der Waals surface area contributed by atoms with Gasteiger partial charge in [-0.05, 0) is 25.5 Å². The minimum atomic E-state index is -0.686. The maximum absolute atomic E-state index is 12.6. The summed E-state index contributed by atoms with van der Waals surface area (Å²) in [7, 11) is 3.08. The topological polar surface area (TPSA) is 79.5 Å². The predicted molar refractivity (Wildman–Crippen MR) is 101 cm³/mol. The fraction of sp³-hybridized carbons (Fsp3) is 0.300. The van der Waals surface area contributed by atoms with Gasteiger partial charge in [0.2, 0.25) is 5.91 Å². The van der Waals surface area contributed by atoms with E-state index in [4.69, 9.17) is 4.74 Å². The quantitative estimate of drug-likeness (QED) is 0.744. The predicted octanol–water partition coefficient (Wildman–Crippen LogP) is 2.85. The number of rotatable bonds is 6. The molecule has 0 heterocycles. The van der Waals surface area contributed by atoms with Gasteiger partial charge in [-0.1, -0.05) is 48.0 Å². The number of hydrogen-bond acceptors (Lipinski definition) is 4. The molecule has 0 saturated heterocycles. The number of benzene rings is 2. The van der Waals surface area contributed by atoms with Gasteiger partial charge >= 0.3 is 6.03 Å². The molecule has 26 heavy (non-hydrogen) atoms. The van der Waals surface area contributed by atoms with Gasteiger partial charge in [0.15, 0.2) is 0 Å². The van der Waals surface area contributed by atoms with Gasteiger partial charge in [-0.25, -0.2) is 4.79 Å². The van der Waals surface area contributed by atoms with Gasteiger partial charge in [0, 0.05) is 18.7 Å². The Hall–Kier alpha value is -2.86. The summed E-state index contributed by atoms with van der Waals surface area (Å²) in [6.07, 6.45) is 0. The molecule has 0 aromatic heterocycles. The van der Waals surface area contributed by atoms with Crippen LogP contribution in [0.25, 0.3) is 0 Å². The second-order valence-electron chi connectivity index (χ2n) is 6.05. The fourth-order valence-electron chi connectivity index (χ4n) is 2.75. The molecule has 3 N–H and O–H groups in total. The first-order chi connectivity index (χ1) is 12.5. The van der Waals surface area contributed by atoms with E-state index in [1.807, 2.05) is 62.4 Å². The summed E-state index contributed by atoms with van der Waals surface area (Å²) in [5, 5.41) is 8.05. The lowest BCUT2D eigenvalue weighted by molar-refractivity contribution is -0.122. The van der Waals surface area contributed by atoms with Gasteiger partial charge in [0.25, 0.3) is 0 Å². The zero-order chi connectivity index (χ0) is 19.1. The van der Waals surface area contributed by atoms with Crippen LogP contribution in [0, 0.1) is 6.92 Å². The largest absolute Gasteiger partial charge is 0.496 e. The molecule has 0 spiro atoms. The van der Waals surface area contributed by atoms with Crippen LogP contribution in [0.3, 0.4) is 0 Å². The van der Waals surface area contributed by atoms with Gasteiger partial charge in [-0.3, -0.25) is 15.4 Å². The van der Waals surface area contributed by atoms with Crippen LogP contribution >= 0.6 is 0 Å². The van der Waals surface area contributed by atoms with Crippen LogP contribution in [0.1, 0.15) is 35.7 Å². The molecule has 6 nitrogen and oxygen atoms in total. The number of urea groups is 1. The van der Waals surface area contributed by atoms with Crippen molar-refractivity contribution in [3.05, 3.63) is 65.2 Å². The van der Waals surface area contributed by atoms with Crippen LogP contribution in [0.5, 0.6) is 5.75 Å². The lowest BCUT2D eigenvalue weighted by atomic mass is 10.0. The Kier molecular flexibility index (Phi) is 6.74. The van der Waals surface area contributed by atoms with Crippen molar-refractivity contribution in [1.82, 2.24) is 16.0 Å². The van der Waals surface area contributed by atoms with E-state index in [9.17, 15) is 9.59 Å². The summed E-state index contributed by atoms with van der Waals surface area (Å²) < 4.78 is 5.45. The minimum Gasteiger partial charge on any atom is -0.496 e. The first kappa shape index (κ1) is 19.5. The Morgan fingerprint density at radius 1 is 1.08 bits per heavy atom. The van der Waals surface area contributed by atoms with Crippen molar-refractivity contribution in [2.45, 2.75) is 25.9 Å². The molecule has 138 valence electrons. The molecule has 0 aliphatic carbocycles. The summed E-state index contributed by atoms with van der Waals surface area (Å²) in [4.78, 5) is 24.2. The molecule has 2 aromatic rings. The molecular weight excluding hydrogens is 330 g/mol. The van der Waals surface area contributed by atoms with Crippen molar-refractivity contribution in [1.29, 1.82) is 0 Å². The van der Waals surface area contributed by atoms with E-state index in [1.165, 1.54) is 7.05 Å². The third-order valence-electron chi connectivity index (χ3n) is 4.13. The molecule has 0 aliphatic rings. The van der Waals surface area contributed by atoms with Crippen molar-refractivity contribution in [2.24, 2.45) is 0 Å². The van der Waals surface area contributed by atoms with Crippen LogP contribution in [0.2, 0.25) is 0 Å². The lowest BCUT2D eigenvalue weighted by Gasteiger charge is -2.24. The standard InChI is InChI=1S/C20H25N3O3/c1-13-10-11-17(26-4)16(12-13)14(2)22-18(15-8-6-5-7-9-15)19(24)23-20(25)21-3/h5-12,14,18,22H,1-4H3,(H2,21,23,24,25). The smallest absolute Gasteiger partial charge is 0.321 e. The zero-order valence-corrected chi connectivity index (χ0v) is 15.5. The highest BCUT2D eigenvalue weighted by molar-refractivity contribution is 5.97. The summed E-state index contributed by atoms with van der Waals surface area (Å²) in [6, 6.07) is 13.8. The summed E-state index contributed by atoms with van der Waals surface area (Å²) in [5.74, 6) is 0.322. The monoisotopic (exact) mass is 355 g/mol. The molecule has 2 unspecified atom stereocenters. The first-order valence-corrected chi connectivity index (χ1v) is 8.44. The number of carbonyl (C=O) groups is 2. The number of methoxy groups -OCH3 is 1. The Balaban J connectivity index is 2.30. The number of nitrogens with one attached hydrogen (secondary N) is 3. The van der Waals surface area contributed by atoms with Crippen molar-refractivity contribution < 1.29 is 14.3 Å². The molecule has 0 fully saturated rings. The van der Waals surface area contributed by atoms with Gasteiger partial charge in [-0.2, -0.15) is 0 Å². The summed E-state index contributed by atoms with van der Waals surface area (Å²) in [6.45, 7) is 3.96. The Morgan fingerprint density at radius 3 is 2.38 bits per heavy atom. The van der Waals surface area contributed by atoms with Crippen molar-refractivity contribution in [3.63, 3.8) is 0 Å². The third kappa shape index (κ3) is 4.83. The summed E-state index contributed by atoms with van der Waals surface area (Å²) >= 11 is 0. The normalized spacial score (nSPS) is 12.8. The van der Waals surface area contributed by atoms with Crippen molar-refractivity contribution >= 4 is 11.9 Å². The lowest BCUT2D eigenvalue weighted by Crippen LogP contribution is -2.44. The number of hydrogen-bond donors (Lipinski definition) is 3. The average molecular weight is 355 g/mol. The Labute approximate surface area is 153 Å². The fourth-order valence-corrected chi connectivity index (χ4v) is 2.75. The number of ether oxygens (including phenoxy) is 1. The van der Waals surface area contributed by atoms with Gasteiger partial charge in [-0.15, -0.1) is 0 Å². The summed E-state index contributed by atoms with van der Waals surface area (Å²) in [5.41, 5.74) is 2.81. The molecule has 0 saturated carbocycles. The molecule has 0 radical (unpaired) electrons. The SMILES string of the molecule is CNC(=O)NC(=O)C(NC(C)c1cc(C)ccc1OC)c1ccccc1. The van der Waals surface area contributed by atoms with E-state index >= 15 is 0 Å². The van der Waals surface area contributed by atoms with E-state index in [2.05, 4.69) is 16.0 Å². The number of amides is 3. The minimum absolute atomic E-state index is 0.175. The van der Waals surface area contributed by atoms with E-state index in [0.29, 0.717) is 0 Å². The number of carbonyl (C=O) groups excluding carboxylic acids is 2. The number of imide groups is 1. The van der Waals surface area contributed by atoms with Crippen LogP contribution in [0.15, 0.2) is 48.5 Å². The Bertz CT molecular complexity index is 762.